The monoisotopic (exact) mass is 390 g/mol. The number of aromatic amines is 1. The van der Waals surface area contributed by atoms with Gasteiger partial charge in [-0.25, -0.2) is 0 Å². The van der Waals surface area contributed by atoms with Gasteiger partial charge in [0, 0.05) is 43.8 Å². The first-order valence-corrected chi connectivity index (χ1v) is 9.41. The lowest BCUT2D eigenvalue weighted by Gasteiger charge is -2.23. The van der Waals surface area contributed by atoms with E-state index in [9.17, 15) is 10.1 Å². The molecular weight excluding hydrogens is 368 g/mol. The molecule has 2 aromatic carbocycles. The van der Waals surface area contributed by atoms with Gasteiger partial charge in [0.15, 0.2) is 0 Å². The van der Waals surface area contributed by atoms with Crippen LogP contribution in [0.15, 0.2) is 60.9 Å². The quantitative estimate of drug-likeness (QED) is 0.422. The number of nitrogens with zero attached hydrogens (tertiary/aromatic N) is 3. The molecule has 0 atom stereocenters. The lowest BCUT2D eigenvalue weighted by atomic mass is 10.0. The zero-order valence-corrected chi connectivity index (χ0v) is 15.8. The summed E-state index contributed by atoms with van der Waals surface area (Å²) in [6, 6.07) is 11.5. The van der Waals surface area contributed by atoms with Gasteiger partial charge in [0.05, 0.1) is 16.6 Å². The Morgan fingerprint density at radius 2 is 2.17 bits per heavy atom. The molecule has 8 nitrogen and oxygen atoms in total. The van der Waals surface area contributed by atoms with Crippen molar-refractivity contribution in [3.05, 3.63) is 82.2 Å². The van der Waals surface area contributed by atoms with E-state index in [0.717, 1.165) is 34.1 Å². The number of benzene rings is 2. The number of rotatable bonds is 7. The maximum atomic E-state index is 11.4. The van der Waals surface area contributed by atoms with Crippen LogP contribution in [0, 0.1) is 10.1 Å². The summed E-state index contributed by atoms with van der Waals surface area (Å²) in [5.74, 6) is 0. The lowest BCUT2D eigenvalue weighted by molar-refractivity contribution is -0.384. The van der Waals surface area contributed by atoms with Crippen LogP contribution >= 0.6 is 0 Å². The van der Waals surface area contributed by atoms with E-state index in [2.05, 4.69) is 50.9 Å². The SMILES string of the molecule is NCCNc1ccc(CN2C=C(c3ccc4cn[nH]c4c3)C=CC2)cc1[N+](=O)[O-]. The Balaban J connectivity index is 1.55. The summed E-state index contributed by atoms with van der Waals surface area (Å²) in [7, 11) is 0. The molecule has 0 amide bonds. The third kappa shape index (κ3) is 4.12. The molecule has 1 aromatic heterocycles. The van der Waals surface area contributed by atoms with Crippen molar-refractivity contribution in [1.82, 2.24) is 15.1 Å². The Hall–Kier alpha value is -3.65. The maximum absolute atomic E-state index is 11.4. The van der Waals surface area contributed by atoms with Gasteiger partial charge in [0.2, 0.25) is 0 Å². The molecule has 0 aliphatic carbocycles. The highest BCUT2D eigenvalue weighted by Crippen LogP contribution is 2.28. The number of allylic oxidation sites excluding steroid dienone is 2. The van der Waals surface area contributed by atoms with Gasteiger partial charge in [-0.3, -0.25) is 15.2 Å². The normalized spacial score (nSPS) is 13.6. The second-order valence-corrected chi connectivity index (χ2v) is 6.91. The number of nitro groups is 1. The van der Waals surface area contributed by atoms with Gasteiger partial charge in [-0.05, 0) is 28.8 Å². The van der Waals surface area contributed by atoms with Crippen molar-refractivity contribution in [3.63, 3.8) is 0 Å². The van der Waals surface area contributed by atoms with E-state index in [4.69, 9.17) is 5.73 Å². The number of anilines is 1. The molecule has 4 N–H and O–H groups in total. The minimum atomic E-state index is -0.362. The highest BCUT2D eigenvalue weighted by Gasteiger charge is 2.16. The molecule has 1 aliphatic rings. The molecule has 2 heterocycles. The number of aromatic nitrogens is 2. The highest BCUT2D eigenvalue weighted by atomic mass is 16.6. The molecule has 0 saturated heterocycles. The van der Waals surface area contributed by atoms with Gasteiger partial charge in [-0.15, -0.1) is 0 Å². The van der Waals surface area contributed by atoms with Crippen LogP contribution in [-0.4, -0.2) is 39.7 Å². The minimum Gasteiger partial charge on any atom is -0.378 e. The average Bonchev–Trinajstić information content (AvgIpc) is 3.21. The third-order valence-electron chi connectivity index (χ3n) is 4.84. The number of fused-ring (bicyclic) bond motifs is 1. The maximum Gasteiger partial charge on any atom is 0.292 e. The summed E-state index contributed by atoms with van der Waals surface area (Å²) in [5.41, 5.74) is 10.1. The summed E-state index contributed by atoms with van der Waals surface area (Å²) >= 11 is 0. The second-order valence-electron chi connectivity index (χ2n) is 6.91. The van der Waals surface area contributed by atoms with E-state index in [1.54, 1.807) is 18.3 Å². The van der Waals surface area contributed by atoms with Crippen molar-refractivity contribution in [2.24, 2.45) is 5.73 Å². The van der Waals surface area contributed by atoms with Crippen molar-refractivity contribution < 1.29 is 4.92 Å². The minimum absolute atomic E-state index is 0.0670. The van der Waals surface area contributed by atoms with E-state index in [0.29, 0.717) is 25.3 Å². The smallest absolute Gasteiger partial charge is 0.292 e. The molecular formula is C21H22N6O2. The topological polar surface area (TPSA) is 113 Å². The zero-order valence-electron chi connectivity index (χ0n) is 15.8. The van der Waals surface area contributed by atoms with Crippen molar-refractivity contribution in [2.45, 2.75) is 6.54 Å². The Morgan fingerprint density at radius 1 is 1.28 bits per heavy atom. The Bertz CT molecular complexity index is 1100. The molecule has 0 saturated carbocycles. The molecule has 3 aromatic rings. The van der Waals surface area contributed by atoms with Gasteiger partial charge in [0.1, 0.15) is 5.69 Å². The predicted octanol–water partition coefficient (Wildman–Crippen LogP) is 3.25. The van der Waals surface area contributed by atoms with E-state index in [-0.39, 0.29) is 10.6 Å². The van der Waals surface area contributed by atoms with Crippen LogP contribution < -0.4 is 11.1 Å². The van der Waals surface area contributed by atoms with Crippen LogP contribution in [0.5, 0.6) is 0 Å². The molecule has 0 radical (unpaired) electrons. The van der Waals surface area contributed by atoms with Crippen LogP contribution in [0.2, 0.25) is 0 Å². The van der Waals surface area contributed by atoms with Crippen LogP contribution in [-0.2, 0) is 6.54 Å². The first-order chi connectivity index (χ1) is 14.1. The number of nitrogens with one attached hydrogen (secondary N) is 2. The van der Waals surface area contributed by atoms with Crippen LogP contribution in [0.25, 0.3) is 16.5 Å². The van der Waals surface area contributed by atoms with Crippen molar-refractivity contribution >= 4 is 27.9 Å². The predicted molar refractivity (Wildman–Crippen MR) is 114 cm³/mol. The van der Waals surface area contributed by atoms with E-state index < -0.39 is 0 Å². The molecule has 0 spiro atoms. The molecule has 29 heavy (non-hydrogen) atoms. The van der Waals surface area contributed by atoms with Crippen molar-refractivity contribution in [2.75, 3.05) is 25.0 Å². The summed E-state index contributed by atoms with van der Waals surface area (Å²) in [6.45, 7) is 2.23. The van der Waals surface area contributed by atoms with Gasteiger partial charge < -0.3 is 16.0 Å². The van der Waals surface area contributed by atoms with Gasteiger partial charge in [-0.2, -0.15) is 5.10 Å². The second kappa shape index (κ2) is 8.15. The number of nitro benzene ring substituents is 1. The average molecular weight is 390 g/mol. The van der Waals surface area contributed by atoms with Crippen LogP contribution in [0.4, 0.5) is 11.4 Å². The summed E-state index contributed by atoms with van der Waals surface area (Å²) in [4.78, 5) is 13.2. The largest absolute Gasteiger partial charge is 0.378 e. The standard InChI is InChI=1S/C21H22N6O2/c22-7-8-23-19-6-3-15(10-21(19)27(28)29)13-26-9-1-2-18(14-26)16-4-5-17-12-24-25-20(17)11-16/h1-6,10-12,14,23H,7-9,13,22H2,(H,24,25). The zero-order chi connectivity index (χ0) is 20.2. The molecule has 1 aliphatic heterocycles. The fraction of sp³-hybridized carbons (Fsp3) is 0.190. The lowest BCUT2D eigenvalue weighted by Crippen LogP contribution is -2.20. The van der Waals surface area contributed by atoms with E-state index >= 15 is 0 Å². The van der Waals surface area contributed by atoms with Crippen LogP contribution in [0.3, 0.4) is 0 Å². The number of H-pyrrole nitrogens is 1. The highest BCUT2D eigenvalue weighted by molar-refractivity contribution is 5.85. The molecule has 0 unspecified atom stereocenters. The van der Waals surface area contributed by atoms with E-state index in [1.165, 1.54) is 0 Å². The summed E-state index contributed by atoms with van der Waals surface area (Å²) in [5, 5.41) is 22.6. The summed E-state index contributed by atoms with van der Waals surface area (Å²) < 4.78 is 0. The number of hydrogen-bond acceptors (Lipinski definition) is 6. The van der Waals surface area contributed by atoms with E-state index in [1.807, 2.05) is 12.1 Å². The molecule has 4 rings (SSSR count). The van der Waals surface area contributed by atoms with Gasteiger partial charge >= 0.3 is 0 Å². The first-order valence-electron chi connectivity index (χ1n) is 9.41. The van der Waals surface area contributed by atoms with Gasteiger partial charge in [-0.1, -0.05) is 30.4 Å². The fourth-order valence-electron chi connectivity index (χ4n) is 3.42. The number of hydrogen-bond donors (Lipinski definition) is 3. The molecule has 8 heteroatoms. The van der Waals surface area contributed by atoms with Crippen molar-refractivity contribution in [3.8, 4) is 0 Å². The molecule has 0 fully saturated rings. The molecule has 0 bridgehead atoms. The Morgan fingerprint density at radius 3 is 3.00 bits per heavy atom. The Labute approximate surface area is 167 Å². The third-order valence-corrected chi connectivity index (χ3v) is 4.84. The Kier molecular flexibility index (Phi) is 5.26. The number of nitrogens with two attached hydrogens (primary N) is 1. The fourth-order valence-corrected chi connectivity index (χ4v) is 3.42. The summed E-state index contributed by atoms with van der Waals surface area (Å²) in [6.07, 6.45) is 8.08. The van der Waals surface area contributed by atoms with Gasteiger partial charge in [0.25, 0.3) is 5.69 Å². The molecule has 148 valence electrons. The van der Waals surface area contributed by atoms with Crippen LogP contribution in [0.1, 0.15) is 11.1 Å². The first kappa shape index (κ1) is 18.7. The van der Waals surface area contributed by atoms with Crippen molar-refractivity contribution in [1.29, 1.82) is 0 Å².